The summed E-state index contributed by atoms with van der Waals surface area (Å²) in [7, 11) is 0. The second kappa shape index (κ2) is 5.56. The lowest BCUT2D eigenvalue weighted by Crippen LogP contribution is -2.65. The van der Waals surface area contributed by atoms with Crippen LogP contribution in [-0.2, 0) is 9.47 Å². The lowest BCUT2D eigenvalue weighted by Gasteiger charge is -2.54. The fourth-order valence-corrected chi connectivity index (χ4v) is 2.92. The van der Waals surface area contributed by atoms with E-state index >= 15 is 0 Å². The molecule has 1 spiro atoms. The molecule has 2 heterocycles. The minimum absolute atomic E-state index is 0.0134. The number of benzene rings is 1. The van der Waals surface area contributed by atoms with Crippen molar-refractivity contribution in [2.24, 2.45) is 5.41 Å². The standard InChI is InChI=1S/C17H23NO4/c1-4-20-14-8-6-5-7-13(14)15(19)18-9-17(10-18)11-21-16(2,3)22-12-17/h5-8H,4,9-12H2,1-3H3. The monoisotopic (exact) mass is 305 g/mol. The van der Waals surface area contributed by atoms with Gasteiger partial charge in [-0.2, -0.15) is 0 Å². The van der Waals surface area contributed by atoms with E-state index in [2.05, 4.69) is 0 Å². The maximum atomic E-state index is 12.6. The Labute approximate surface area is 131 Å². The Morgan fingerprint density at radius 2 is 1.86 bits per heavy atom. The third-order valence-electron chi connectivity index (χ3n) is 4.21. The topological polar surface area (TPSA) is 48.0 Å². The lowest BCUT2D eigenvalue weighted by atomic mass is 9.80. The predicted octanol–water partition coefficient (Wildman–Crippen LogP) is 2.31. The van der Waals surface area contributed by atoms with Crippen molar-refractivity contribution < 1.29 is 19.0 Å². The molecule has 1 amide bonds. The molecule has 2 aliphatic heterocycles. The highest BCUT2D eigenvalue weighted by molar-refractivity contribution is 5.97. The molecule has 0 radical (unpaired) electrons. The van der Waals surface area contributed by atoms with Gasteiger partial charge in [-0.15, -0.1) is 0 Å². The minimum Gasteiger partial charge on any atom is -0.493 e. The molecule has 0 aromatic heterocycles. The molecule has 0 aliphatic carbocycles. The van der Waals surface area contributed by atoms with Crippen molar-refractivity contribution in [1.82, 2.24) is 4.90 Å². The molecule has 1 aromatic rings. The van der Waals surface area contributed by atoms with E-state index in [0.717, 1.165) is 0 Å². The summed E-state index contributed by atoms with van der Waals surface area (Å²) < 4.78 is 17.0. The van der Waals surface area contributed by atoms with Crippen molar-refractivity contribution in [1.29, 1.82) is 0 Å². The normalized spacial score (nSPS) is 22.2. The van der Waals surface area contributed by atoms with Gasteiger partial charge in [-0.25, -0.2) is 0 Å². The van der Waals surface area contributed by atoms with Crippen LogP contribution in [0.25, 0.3) is 0 Å². The Bertz CT molecular complexity index is 552. The van der Waals surface area contributed by atoms with Gasteiger partial charge in [0.05, 0.1) is 30.8 Å². The van der Waals surface area contributed by atoms with Crippen molar-refractivity contribution in [3.63, 3.8) is 0 Å². The van der Waals surface area contributed by atoms with Crippen molar-refractivity contribution in [3.8, 4) is 5.75 Å². The zero-order valence-corrected chi connectivity index (χ0v) is 13.4. The van der Waals surface area contributed by atoms with Crippen LogP contribution in [0.3, 0.4) is 0 Å². The summed E-state index contributed by atoms with van der Waals surface area (Å²) in [6.07, 6.45) is 0. The van der Waals surface area contributed by atoms with E-state index in [1.807, 2.05) is 49.9 Å². The van der Waals surface area contributed by atoms with Crippen LogP contribution in [0.5, 0.6) is 5.75 Å². The molecule has 3 rings (SSSR count). The van der Waals surface area contributed by atoms with E-state index in [-0.39, 0.29) is 11.3 Å². The number of rotatable bonds is 3. The number of hydrogen-bond acceptors (Lipinski definition) is 4. The maximum Gasteiger partial charge on any atom is 0.257 e. The SMILES string of the molecule is CCOc1ccccc1C(=O)N1CC2(COC(C)(C)OC2)C1. The Balaban J connectivity index is 1.65. The Morgan fingerprint density at radius 1 is 1.23 bits per heavy atom. The van der Waals surface area contributed by atoms with Crippen LogP contribution in [0.4, 0.5) is 0 Å². The number of hydrogen-bond donors (Lipinski definition) is 0. The highest BCUT2D eigenvalue weighted by atomic mass is 16.7. The van der Waals surface area contributed by atoms with Crippen LogP contribution in [0, 0.1) is 5.41 Å². The van der Waals surface area contributed by atoms with E-state index < -0.39 is 5.79 Å². The van der Waals surface area contributed by atoms with Crippen molar-refractivity contribution >= 4 is 5.91 Å². The van der Waals surface area contributed by atoms with Crippen LogP contribution in [0.15, 0.2) is 24.3 Å². The third kappa shape index (κ3) is 2.83. The Kier molecular flexibility index (Phi) is 3.87. The molecule has 5 nitrogen and oxygen atoms in total. The second-order valence-corrected chi connectivity index (χ2v) is 6.57. The fraction of sp³-hybridized carbons (Fsp3) is 0.588. The van der Waals surface area contributed by atoms with Gasteiger partial charge in [-0.3, -0.25) is 4.79 Å². The summed E-state index contributed by atoms with van der Waals surface area (Å²) in [5.41, 5.74) is 0.573. The molecule has 22 heavy (non-hydrogen) atoms. The molecule has 2 aliphatic rings. The molecule has 120 valence electrons. The fourth-order valence-electron chi connectivity index (χ4n) is 2.92. The van der Waals surface area contributed by atoms with Gasteiger partial charge in [-0.1, -0.05) is 12.1 Å². The summed E-state index contributed by atoms with van der Waals surface area (Å²) in [6, 6.07) is 7.39. The van der Waals surface area contributed by atoms with E-state index in [9.17, 15) is 4.79 Å². The lowest BCUT2D eigenvalue weighted by molar-refractivity contribution is -0.301. The maximum absolute atomic E-state index is 12.6. The molecular formula is C17H23NO4. The minimum atomic E-state index is -0.517. The van der Waals surface area contributed by atoms with Crippen LogP contribution in [0.2, 0.25) is 0 Å². The summed E-state index contributed by atoms with van der Waals surface area (Å²) in [5, 5.41) is 0. The van der Waals surface area contributed by atoms with E-state index in [1.54, 1.807) is 0 Å². The first-order chi connectivity index (χ1) is 10.4. The zero-order valence-electron chi connectivity index (χ0n) is 13.4. The van der Waals surface area contributed by atoms with Crippen LogP contribution < -0.4 is 4.74 Å². The number of carbonyl (C=O) groups is 1. The molecule has 0 bridgehead atoms. The van der Waals surface area contributed by atoms with Gasteiger partial charge in [-0.05, 0) is 32.9 Å². The van der Waals surface area contributed by atoms with Crippen molar-refractivity contribution in [2.75, 3.05) is 32.9 Å². The first-order valence-electron chi connectivity index (χ1n) is 7.74. The quantitative estimate of drug-likeness (QED) is 0.860. The molecule has 0 saturated carbocycles. The first-order valence-corrected chi connectivity index (χ1v) is 7.74. The van der Waals surface area contributed by atoms with Gasteiger partial charge in [0.2, 0.25) is 0 Å². The van der Waals surface area contributed by atoms with Gasteiger partial charge in [0.25, 0.3) is 5.91 Å². The zero-order chi connectivity index (χ0) is 15.8. The highest BCUT2D eigenvalue weighted by Crippen LogP contribution is 2.38. The molecular weight excluding hydrogens is 282 g/mol. The smallest absolute Gasteiger partial charge is 0.257 e. The number of carbonyl (C=O) groups excluding carboxylic acids is 1. The van der Waals surface area contributed by atoms with Gasteiger partial charge in [0.1, 0.15) is 5.75 Å². The molecule has 0 unspecified atom stereocenters. The summed E-state index contributed by atoms with van der Waals surface area (Å²) >= 11 is 0. The number of nitrogens with zero attached hydrogens (tertiary/aromatic N) is 1. The molecule has 0 atom stereocenters. The molecule has 2 fully saturated rings. The summed E-state index contributed by atoms with van der Waals surface area (Å²) in [5.74, 6) is 0.143. The van der Waals surface area contributed by atoms with E-state index in [1.165, 1.54) is 0 Å². The average Bonchev–Trinajstić information content (AvgIpc) is 2.46. The number of amides is 1. The van der Waals surface area contributed by atoms with Gasteiger partial charge in [0.15, 0.2) is 5.79 Å². The average molecular weight is 305 g/mol. The third-order valence-corrected chi connectivity index (χ3v) is 4.21. The van der Waals surface area contributed by atoms with Gasteiger partial charge >= 0.3 is 0 Å². The van der Waals surface area contributed by atoms with Crippen LogP contribution in [-0.4, -0.2) is 49.5 Å². The Morgan fingerprint density at radius 3 is 2.50 bits per heavy atom. The van der Waals surface area contributed by atoms with E-state index in [0.29, 0.717) is 44.2 Å². The number of likely N-dealkylation sites (tertiary alicyclic amines) is 1. The first kappa shape index (κ1) is 15.3. The van der Waals surface area contributed by atoms with Crippen LogP contribution in [0.1, 0.15) is 31.1 Å². The Hall–Kier alpha value is -1.59. The largest absolute Gasteiger partial charge is 0.493 e. The van der Waals surface area contributed by atoms with Gasteiger partial charge in [0, 0.05) is 13.1 Å². The molecule has 1 aromatic carbocycles. The van der Waals surface area contributed by atoms with Crippen molar-refractivity contribution in [2.45, 2.75) is 26.6 Å². The van der Waals surface area contributed by atoms with Crippen molar-refractivity contribution in [3.05, 3.63) is 29.8 Å². The molecule has 0 N–H and O–H groups in total. The summed E-state index contributed by atoms with van der Waals surface area (Å²) in [6.45, 7) is 8.90. The predicted molar refractivity (Wildman–Crippen MR) is 81.9 cm³/mol. The van der Waals surface area contributed by atoms with E-state index in [4.69, 9.17) is 14.2 Å². The molecule has 5 heteroatoms. The molecule has 2 saturated heterocycles. The van der Waals surface area contributed by atoms with Crippen LogP contribution >= 0.6 is 0 Å². The highest BCUT2D eigenvalue weighted by Gasteiger charge is 2.50. The second-order valence-electron chi connectivity index (χ2n) is 6.57. The van der Waals surface area contributed by atoms with Gasteiger partial charge < -0.3 is 19.1 Å². The summed E-state index contributed by atoms with van der Waals surface area (Å²) in [4.78, 5) is 14.5. The number of para-hydroxylation sites is 1. The number of ether oxygens (including phenoxy) is 3.